The largest absolute Gasteiger partial charge is 0.409 e. The van der Waals surface area contributed by atoms with E-state index in [1.54, 1.807) is 0 Å². The molecule has 1 fully saturated rings. The first-order valence-corrected chi connectivity index (χ1v) is 5.78. The van der Waals surface area contributed by atoms with Crippen molar-refractivity contribution < 1.29 is 10.0 Å². The number of carbonyl (C=O) groups excluding carboxylic acids is 1. The van der Waals surface area contributed by atoms with E-state index in [2.05, 4.69) is 24.3 Å². The molecular weight excluding hydrogens is 206 g/mol. The van der Waals surface area contributed by atoms with Gasteiger partial charge in [0.1, 0.15) is 5.84 Å². The maximum absolute atomic E-state index is 11.5. The van der Waals surface area contributed by atoms with Gasteiger partial charge in [-0.1, -0.05) is 19.0 Å². The van der Waals surface area contributed by atoms with Crippen molar-refractivity contribution in [2.24, 2.45) is 22.7 Å². The van der Waals surface area contributed by atoms with Crippen LogP contribution in [-0.2, 0) is 4.79 Å². The lowest BCUT2D eigenvalue weighted by atomic mass is 9.80. The molecule has 92 valence electrons. The standard InChI is InChI=1S/C11H21N3O2/c1-7-3-4-9(8(2)5-7)13-11(15)6-10(12)14-16/h7-9,16H,3-6H2,1-2H3,(H2,12,14)(H,13,15). The first-order valence-electron chi connectivity index (χ1n) is 5.78. The summed E-state index contributed by atoms with van der Waals surface area (Å²) in [6, 6.07) is 0.232. The topological polar surface area (TPSA) is 87.7 Å². The van der Waals surface area contributed by atoms with E-state index >= 15 is 0 Å². The molecule has 3 unspecified atom stereocenters. The third-order valence-corrected chi connectivity index (χ3v) is 3.25. The summed E-state index contributed by atoms with van der Waals surface area (Å²) in [4.78, 5) is 11.5. The third-order valence-electron chi connectivity index (χ3n) is 3.25. The van der Waals surface area contributed by atoms with Crippen LogP contribution in [-0.4, -0.2) is 23.0 Å². The van der Waals surface area contributed by atoms with Crippen molar-refractivity contribution in [2.45, 2.75) is 45.6 Å². The third kappa shape index (κ3) is 3.72. The number of rotatable bonds is 3. The van der Waals surface area contributed by atoms with Gasteiger partial charge in [-0.15, -0.1) is 0 Å². The lowest BCUT2D eigenvalue weighted by Crippen LogP contribution is -2.43. The summed E-state index contributed by atoms with van der Waals surface area (Å²) in [5.74, 6) is 1.03. The molecule has 0 bridgehead atoms. The van der Waals surface area contributed by atoms with Crippen LogP contribution in [0.25, 0.3) is 0 Å². The molecular formula is C11H21N3O2. The van der Waals surface area contributed by atoms with Crippen LogP contribution in [0.1, 0.15) is 39.5 Å². The number of oxime groups is 1. The van der Waals surface area contributed by atoms with Crippen molar-refractivity contribution in [3.05, 3.63) is 0 Å². The summed E-state index contributed by atoms with van der Waals surface area (Å²) in [6.07, 6.45) is 3.28. The van der Waals surface area contributed by atoms with E-state index < -0.39 is 0 Å². The molecule has 1 aliphatic rings. The van der Waals surface area contributed by atoms with Crippen LogP contribution in [0.5, 0.6) is 0 Å². The number of hydrogen-bond donors (Lipinski definition) is 3. The Balaban J connectivity index is 2.39. The van der Waals surface area contributed by atoms with E-state index in [-0.39, 0.29) is 24.2 Å². The Bertz CT molecular complexity index is 278. The number of amides is 1. The van der Waals surface area contributed by atoms with E-state index in [0.717, 1.165) is 25.2 Å². The molecule has 0 aliphatic heterocycles. The number of carbonyl (C=O) groups is 1. The number of amidine groups is 1. The molecule has 0 aromatic carbocycles. The smallest absolute Gasteiger partial charge is 0.227 e. The second-order valence-corrected chi connectivity index (χ2v) is 4.84. The zero-order chi connectivity index (χ0) is 12.1. The van der Waals surface area contributed by atoms with Gasteiger partial charge in [0, 0.05) is 6.04 Å². The first kappa shape index (κ1) is 12.8. The number of nitrogens with zero attached hydrogens (tertiary/aromatic N) is 1. The van der Waals surface area contributed by atoms with Crippen molar-refractivity contribution in [1.82, 2.24) is 5.32 Å². The normalized spacial score (nSPS) is 31.1. The highest BCUT2D eigenvalue weighted by Gasteiger charge is 2.26. The Kier molecular flexibility index (Phi) is 4.58. The van der Waals surface area contributed by atoms with Crippen molar-refractivity contribution >= 4 is 11.7 Å². The lowest BCUT2D eigenvalue weighted by Gasteiger charge is -2.33. The Morgan fingerprint density at radius 1 is 1.50 bits per heavy atom. The Morgan fingerprint density at radius 2 is 2.19 bits per heavy atom. The molecule has 0 radical (unpaired) electrons. The van der Waals surface area contributed by atoms with Crippen LogP contribution in [0.2, 0.25) is 0 Å². The molecule has 1 rings (SSSR count). The fraction of sp³-hybridized carbons (Fsp3) is 0.818. The van der Waals surface area contributed by atoms with Gasteiger partial charge in [0.25, 0.3) is 0 Å². The molecule has 0 aromatic heterocycles. The SMILES string of the molecule is CC1CCC(NC(=O)CC(N)=NO)C(C)C1. The van der Waals surface area contributed by atoms with Gasteiger partial charge in [0.15, 0.2) is 0 Å². The predicted octanol–water partition coefficient (Wildman–Crippen LogP) is 1.06. The fourth-order valence-corrected chi connectivity index (χ4v) is 2.34. The quantitative estimate of drug-likeness (QED) is 0.291. The second-order valence-electron chi connectivity index (χ2n) is 4.84. The predicted molar refractivity (Wildman–Crippen MR) is 62.1 cm³/mol. The number of nitrogens with two attached hydrogens (primary N) is 1. The molecule has 5 nitrogen and oxygen atoms in total. The van der Waals surface area contributed by atoms with Gasteiger partial charge >= 0.3 is 0 Å². The zero-order valence-corrected chi connectivity index (χ0v) is 9.94. The van der Waals surface area contributed by atoms with E-state index in [1.165, 1.54) is 0 Å². The van der Waals surface area contributed by atoms with E-state index in [4.69, 9.17) is 10.9 Å². The minimum Gasteiger partial charge on any atom is -0.409 e. The van der Waals surface area contributed by atoms with Crippen molar-refractivity contribution in [3.63, 3.8) is 0 Å². The summed E-state index contributed by atoms with van der Waals surface area (Å²) in [7, 11) is 0. The highest BCUT2D eigenvalue weighted by atomic mass is 16.4. The molecule has 1 aliphatic carbocycles. The number of nitrogens with one attached hydrogen (secondary N) is 1. The van der Waals surface area contributed by atoms with Gasteiger partial charge in [-0.2, -0.15) is 0 Å². The molecule has 0 heterocycles. The van der Waals surface area contributed by atoms with Gasteiger partial charge in [0.05, 0.1) is 6.42 Å². The monoisotopic (exact) mass is 227 g/mol. The Labute approximate surface area is 96.1 Å². The average molecular weight is 227 g/mol. The maximum atomic E-state index is 11.5. The summed E-state index contributed by atoms with van der Waals surface area (Å²) in [6.45, 7) is 4.40. The van der Waals surface area contributed by atoms with Crippen LogP contribution in [0.15, 0.2) is 5.16 Å². The Morgan fingerprint density at radius 3 is 2.75 bits per heavy atom. The van der Waals surface area contributed by atoms with Crippen LogP contribution in [0.3, 0.4) is 0 Å². The highest BCUT2D eigenvalue weighted by molar-refractivity contribution is 5.98. The van der Waals surface area contributed by atoms with E-state index in [1.807, 2.05) is 0 Å². The van der Waals surface area contributed by atoms with Crippen LogP contribution in [0.4, 0.5) is 0 Å². The summed E-state index contributed by atoms with van der Waals surface area (Å²) >= 11 is 0. The van der Waals surface area contributed by atoms with Gasteiger partial charge < -0.3 is 16.3 Å². The van der Waals surface area contributed by atoms with E-state index in [9.17, 15) is 4.79 Å². The summed E-state index contributed by atoms with van der Waals surface area (Å²) < 4.78 is 0. The molecule has 16 heavy (non-hydrogen) atoms. The molecule has 0 saturated heterocycles. The molecule has 1 saturated carbocycles. The molecule has 1 amide bonds. The second kappa shape index (κ2) is 5.72. The van der Waals surface area contributed by atoms with Crippen LogP contribution >= 0.6 is 0 Å². The van der Waals surface area contributed by atoms with Crippen LogP contribution in [0, 0.1) is 11.8 Å². The maximum Gasteiger partial charge on any atom is 0.227 e. The number of hydrogen-bond acceptors (Lipinski definition) is 3. The molecule has 0 spiro atoms. The molecule has 0 aromatic rings. The lowest BCUT2D eigenvalue weighted by molar-refractivity contribution is -0.121. The van der Waals surface area contributed by atoms with Gasteiger partial charge in [-0.25, -0.2) is 0 Å². The molecule has 5 heteroatoms. The molecule has 3 atom stereocenters. The van der Waals surface area contributed by atoms with Gasteiger partial charge in [-0.05, 0) is 31.1 Å². The van der Waals surface area contributed by atoms with Gasteiger partial charge in [-0.3, -0.25) is 4.79 Å². The van der Waals surface area contributed by atoms with Crippen molar-refractivity contribution in [1.29, 1.82) is 0 Å². The summed E-state index contributed by atoms with van der Waals surface area (Å²) in [5.41, 5.74) is 5.27. The van der Waals surface area contributed by atoms with Crippen LogP contribution < -0.4 is 11.1 Å². The highest BCUT2D eigenvalue weighted by Crippen LogP contribution is 2.28. The van der Waals surface area contributed by atoms with Gasteiger partial charge in [0.2, 0.25) is 5.91 Å². The zero-order valence-electron chi connectivity index (χ0n) is 9.94. The molecule has 4 N–H and O–H groups in total. The minimum atomic E-state index is -0.165. The Hall–Kier alpha value is -1.26. The minimum absolute atomic E-state index is 0.0325. The summed E-state index contributed by atoms with van der Waals surface area (Å²) in [5, 5.41) is 14.1. The fourth-order valence-electron chi connectivity index (χ4n) is 2.34. The van der Waals surface area contributed by atoms with E-state index in [0.29, 0.717) is 5.92 Å². The average Bonchev–Trinajstić information content (AvgIpc) is 2.22. The first-order chi connectivity index (χ1) is 7.52. The van der Waals surface area contributed by atoms with Crippen molar-refractivity contribution in [3.8, 4) is 0 Å². The van der Waals surface area contributed by atoms with Crippen molar-refractivity contribution in [2.75, 3.05) is 0 Å².